The number of benzene rings is 3. The summed E-state index contributed by atoms with van der Waals surface area (Å²) in [4.78, 5) is 87.1. The van der Waals surface area contributed by atoms with Gasteiger partial charge in [-0.15, -0.1) is 0 Å². The number of nitrogens with one attached hydrogen (secondary N) is 1. The molecular weight excluding hydrogens is 882 g/mol. The number of fused-ring (bicyclic) bond motifs is 2. The van der Waals surface area contributed by atoms with E-state index in [1.165, 1.54) is 32.9 Å². The molecule has 0 spiro atoms. The largest absolute Gasteiger partial charge is 0.494 e. The highest BCUT2D eigenvalue weighted by atomic mass is 19.1. The standard InChI is InChI=1S/C50H66FN5O12/c1-11-63-35-14-17-38-41(32-35)65-40-31-34(57)13-16-37(40)42(38)36-15-12-33(30-39(36)44(59)64-29-18-51)43(58)52-19-20-53-21-23-54(45(60)66-48(2,3)4)25-27-56(47(62)68-50(8,9)10)28-26-55(24-22-53)46(61)67-49(5,6)7/h12-17,30-32H,11,18-29H2,1-10H3,(H,52,58). The van der Waals surface area contributed by atoms with Crippen molar-refractivity contribution in [1.29, 1.82) is 0 Å². The van der Waals surface area contributed by atoms with Crippen LogP contribution >= 0.6 is 0 Å². The number of carbonyl (C=O) groups is 5. The van der Waals surface area contributed by atoms with Gasteiger partial charge in [-0.1, -0.05) is 6.07 Å². The summed E-state index contributed by atoms with van der Waals surface area (Å²) in [5.74, 6) is -0.597. The number of rotatable bonds is 10. The van der Waals surface area contributed by atoms with Gasteiger partial charge < -0.3 is 48.1 Å². The average molecular weight is 948 g/mol. The molecule has 2 heterocycles. The molecule has 1 N–H and O–H groups in total. The van der Waals surface area contributed by atoms with Crippen LogP contribution in [0.15, 0.2) is 63.8 Å². The summed E-state index contributed by atoms with van der Waals surface area (Å²) < 4.78 is 47.7. The van der Waals surface area contributed by atoms with E-state index in [1.54, 1.807) is 98.7 Å². The highest BCUT2D eigenvalue weighted by Gasteiger charge is 2.30. The molecule has 17 nitrogen and oxygen atoms in total. The molecule has 0 aromatic heterocycles. The summed E-state index contributed by atoms with van der Waals surface area (Å²) >= 11 is 0. The second-order valence-corrected chi connectivity index (χ2v) is 19.3. The Morgan fingerprint density at radius 1 is 0.676 bits per heavy atom. The molecule has 2 aliphatic heterocycles. The minimum Gasteiger partial charge on any atom is -0.494 e. The fourth-order valence-electron chi connectivity index (χ4n) is 7.31. The van der Waals surface area contributed by atoms with Crippen LogP contribution in [-0.2, 0) is 18.9 Å². The maximum absolute atomic E-state index is 13.9. The molecule has 5 rings (SSSR count). The van der Waals surface area contributed by atoms with Gasteiger partial charge >= 0.3 is 24.2 Å². The highest BCUT2D eigenvalue weighted by Crippen LogP contribution is 2.42. The zero-order valence-corrected chi connectivity index (χ0v) is 41.0. The van der Waals surface area contributed by atoms with Crippen molar-refractivity contribution < 1.29 is 56.5 Å². The van der Waals surface area contributed by atoms with E-state index in [0.717, 1.165) is 0 Å². The molecular formula is C50H66FN5O12. The Balaban J connectivity index is 1.43. The van der Waals surface area contributed by atoms with Crippen molar-refractivity contribution in [3.8, 4) is 28.2 Å². The minimum atomic E-state index is -0.921. The third-order valence-corrected chi connectivity index (χ3v) is 10.4. The fourth-order valence-corrected chi connectivity index (χ4v) is 7.31. The van der Waals surface area contributed by atoms with Gasteiger partial charge in [-0.3, -0.25) is 14.5 Å². The molecule has 2 aromatic rings. The molecule has 3 aliphatic rings. The Labute approximate surface area is 397 Å². The van der Waals surface area contributed by atoms with Crippen molar-refractivity contribution >= 4 is 41.1 Å². The lowest BCUT2D eigenvalue weighted by Crippen LogP contribution is -2.51. The van der Waals surface area contributed by atoms with E-state index in [2.05, 4.69) is 5.32 Å². The van der Waals surface area contributed by atoms with Crippen molar-refractivity contribution in [1.82, 2.24) is 24.9 Å². The summed E-state index contributed by atoms with van der Waals surface area (Å²) in [5.41, 5.74) is -0.788. The Bertz CT molecular complexity index is 2410. The van der Waals surface area contributed by atoms with Gasteiger partial charge in [-0.25, -0.2) is 23.6 Å². The van der Waals surface area contributed by atoms with Crippen LogP contribution < -0.4 is 15.5 Å². The van der Waals surface area contributed by atoms with Gasteiger partial charge in [0, 0.05) is 99.7 Å². The second kappa shape index (κ2) is 22.6. The molecule has 0 saturated carbocycles. The number of nitrogens with zero attached hydrogens (tertiary/aromatic N) is 4. The van der Waals surface area contributed by atoms with Gasteiger partial charge in [-0.2, -0.15) is 0 Å². The first-order valence-corrected chi connectivity index (χ1v) is 22.9. The number of hydrogen-bond acceptors (Lipinski definition) is 13. The first-order valence-electron chi connectivity index (χ1n) is 22.9. The molecule has 2 aromatic carbocycles. The van der Waals surface area contributed by atoms with E-state index in [9.17, 15) is 33.2 Å². The molecule has 370 valence electrons. The van der Waals surface area contributed by atoms with E-state index in [0.29, 0.717) is 53.1 Å². The Morgan fingerprint density at radius 2 is 1.21 bits per heavy atom. The van der Waals surface area contributed by atoms with Gasteiger partial charge in [-0.05, 0) is 111 Å². The van der Waals surface area contributed by atoms with E-state index in [-0.39, 0.29) is 74.7 Å². The molecule has 4 amide bonds. The molecule has 0 radical (unpaired) electrons. The SMILES string of the molecule is CCOc1ccc2c(-c3ccc(C(=O)NCCN4CCN(C(=O)OC(C)(C)C)CCN(C(=O)OC(C)(C)C)CCN(C(=O)OC(C)(C)C)CC4)cc3C(=O)OCCF)c3ccc(=O)cc-3oc2c1. The molecule has 1 aliphatic carbocycles. The Hall–Kier alpha value is -6.43. The average Bonchev–Trinajstić information content (AvgIpc) is 3.23. The smallest absolute Gasteiger partial charge is 0.410 e. The molecule has 1 saturated heterocycles. The van der Waals surface area contributed by atoms with Gasteiger partial charge in [0.2, 0.25) is 0 Å². The Kier molecular flexibility index (Phi) is 17.4. The van der Waals surface area contributed by atoms with Crippen LogP contribution in [0, 0.1) is 0 Å². The lowest BCUT2D eigenvalue weighted by atomic mass is 9.89. The van der Waals surface area contributed by atoms with Crippen molar-refractivity contribution in [3.63, 3.8) is 0 Å². The number of carbonyl (C=O) groups excluding carboxylic acids is 5. The van der Waals surface area contributed by atoms with Crippen LogP contribution in [0.3, 0.4) is 0 Å². The number of amides is 4. The van der Waals surface area contributed by atoms with Crippen LogP contribution in [-0.4, -0.2) is 152 Å². The minimum absolute atomic E-state index is 0.0160. The third kappa shape index (κ3) is 15.0. The second-order valence-electron chi connectivity index (χ2n) is 19.3. The van der Waals surface area contributed by atoms with E-state index in [4.69, 9.17) is 28.1 Å². The predicted octanol–water partition coefficient (Wildman–Crippen LogP) is 7.85. The first-order chi connectivity index (χ1) is 31.9. The van der Waals surface area contributed by atoms with Crippen molar-refractivity contribution in [2.24, 2.45) is 0 Å². The predicted molar refractivity (Wildman–Crippen MR) is 254 cm³/mol. The van der Waals surface area contributed by atoms with E-state index in [1.807, 2.05) is 11.8 Å². The summed E-state index contributed by atoms with van der Waals surface area (Å²) in [6.45, 7) is 18.5. The molecule has 0 bridgehead atoms. The first kappa shape index (κ1) is 52.5. The van der Waals surface area contributed by atoms with Gasteiger partial charge in [0.1, 0.15) is 47.2 Å². The molecule has 0 atom stereocenters. The molecule has 68 heavy (non-hydrogen) atoms. The van der Waals surface area contributed by atoms with Gasteiger partial charge in [0.05, 0.1) is 12.2 Å². The number of ether oxygens (including phenoxy) is 5. The fraction of sp³-hybridized carbons (Fsp3) is 0.520. The van der Waals surface area contributed by atoms with E-state index < -0.39 is 60.2 Å². The topological polar surface area (TPSA) is 187 Å². The number of halogens is 1. The molecule has 18 heteroatoms. The number of esters is 1. The number of hydrogen-bond donors (Lipinski definition) is 1. The molecule has 0 unspecified atom stereocenters. The summed E-state index contributed by atoms with van der Waals surface area (Å²) in [7, 11) is 0. The maximum atomic E-state index is 13.9. The van der Waals surface area contributed by atoms with Crippen molar-refractivity contribution in [3.05, 3.63) is 75.9 Å². The number of alkyl halides is 1. The zero-order chi connectivity index (χ0) is 50.0. The van der Waals surface area contributed by atoms with Crippen LogP contribution in [0.5, 0.6) is 5.75 Å². The summed E-state index contributed by atoms with van der Waals surface area (Å²) in [6.07, 6.45) is -1.72. The van der Waals surface area contributed by atoms with Crippen molar-refractivity contribution in [2.45, 2.75) is 86.0 Å². The van der Waals surface area contributed by atoms with Crippen molar-refractivity contribution in [2.75, 3.05) is 85.3 Å². The maximum Gasteiger partial charge on any atom is 0.410 e. The van der Waals surface area contributed by atoms with Gasteiger partial charge in [0.25, 0.3) is 5.91 Å². The summed E-state index contributed by atoms with van der Waals surface area (Å²) in [6, 6.07) is 14.1. The third-order valence-electron chi connectivity index (χ3n) is 10.4. The van der Waals surface area contributed by atoms with E-state index >= 15 is 0 Å². The molecule has 1 fully saturated rings. The monoisotopic (exact) mass is 947 g/mol. The van der Waals surface area contributed by atoms with Crippen LogP contribution in [0.1, 0.15) is 90.0 Å². The van der Waals surface area contributed by atoms with Gasteiger partial charge in [0.15, 0.2) is 5.43 Å². The highest BCUT2D eigenvalue weighted by molar-refractivity contribution is 6.09. The Morgan fingerprint density at radius 3 is 1.72 bits per heavy atom. The van der Waals surface area contributed by atoms with Crippen LogP contribution in [0.2, 0.25) is 0 Å². The quantitative estimate of drug-likeness (QED) is 0.0921. The zero-order valence-electron chi connectivity index (χ0n) is 41.0. The lowest BCUT2D eigenvalue weighted by molar-refractivity contribution is 0.00476. The summed E-state index contributed by atoms with van der Waals surface area (Å²) in [5, 5.41) is 3.51. The van der Waals surface area contributed by atoms with Crippen LogP contribution in [0.4, 0.5) is 18.8 Å². The normalized spacial score (nSPS) is 14.7. The lowest BCUT2D eigenvalue weighted by Gasteiger charge is -2.35. The van der Waals surface area contributed by atoms with Crippen LogP contribution in [0.25, 0.3) is 33.4 Å².